The van der Waals surface area contributed by atoms with Gasteiger partial charge in [-0.2, -0.15) is 0 Å². The molecule has 1 aliphatic rings. The highest BCUT2D eigenvalue weighted by Gasteiger charge is 2.17. The fourth-order valence-electron chi connectivity index (χ4n) is 1.53. The van der Waals surface area contributed by atoms with E-state index < -0.39 is 11.0 Å². The van der Waals surface area contributed by atoms with Crippen molar-refractivity contribution < 1.29 is 4.21 Å². The van der Waals surface area contributed by atoms with Gasteiger partial charge in [-0.3, -0.25) is 0 Å². The molecule has 0 bridgehead atoms. The molecule has 1 aliphatic heterocycles. The zero-order valence-corrected chi connectivity index (χ0v) is 8.77. The van der Waals surface area contributed by atoms with Crippen molar-refractivity contribution >= 4 is 11.0 Å². The Bertz CT molecular complexity index is 155. The fourth-order valence-corrected chi connectivity index (χ4v) is 2.20. The fraction of sp³-hybridized carbons (Fsp3) is 1.00. The molecule has 0 aromatic carbocycles. The molecule has 1 unspecified atom stereocenters. The minimum absolute atomic E-state index is 0.764. The highest BCUT2D eigenvalue weighted by Crippen LogP contribution is 2.03. The van der Waals surface area contributed by atoms with Crippen LogP contribution in [0, 0.1) is 0 Å². The first-order valence-electron chi connectivity index (χ1n) is 4.55. The summed E-state index contributed by atoms with van der Waals surface area (Å²) in [7, 11) is -0.764. The topological polar surface area (TPSA) is 23.6 Å². The largest absolute Gasteiger partial charge is 0.301 e. The average molecular weight is 190 g/mol. The summed E-state index contributed by atoms with van der Waals surface area (Å²) in [6, 6.07) is 0. The van der Waals surface area contributed by atoms with Gasteiger partial charge < -0.3 is 4.90 Å². The summed E-state index contributed by atoms with van der Waals surface area (Å²) in [4.78, 5) is 2.43. The molecule has 4 heteroatoms. The highest BCUT2D eigenvalue weighted by molar-refractivity contribution is 7.81. The van der Waals surface area contributed by atoms with Crippen molar-refractivity contribution in [3.05, 3.63) is 0 Å². The Morgan fingerprint density at radius 1 is 1.25 bits per heavy atom. The molecule has 0 saturated carbocycles. The molecule has 0 amide bonds. The van der Waals surface area contributed by atoms with Crippen LogP contribution in [-0.2, 0) is 11.0 Å². The molecular weight excluding hydrogens is 172 g/mol. The maximum atomic E-state index is 11.1. The molecular formula is C8H18N2OS. The van der Waals surface area contributed by atoms with Gasteiger partial charge in [-0.05, 0) is 13.0 Å². The summed E-state index contributed by atoms with van der Waals surface area (Å²) in [5, 5.41) is 0. The van der Waals surface area contributed by atoms with Gasteiger partial charge in [-0.15, -0.1) is 0 Å². The van der Waals surface area contributed by atoms with E-state index in [0.29, 0.717) is 0 Å². The van der Waals surface area contributed by atoms with Gasteiger partial charge in [-0.1, -0.05) is 6.92 Å². The molecule has 1 heterocycles. The molecule has 0 N–H and O–H groups in total. The Hall–Kier alpha value is 0.0700. The van der Waals surface area contributed by atoms with Crippen LogP contribution in [0.15, 0.2) is 0 Å². The lowest BCUT2D eigenvalue weighted by atomic mass is 10.3. The standard InChI is InChI=1S/C8H18N2OS/c1-3-4-9-5-7-10(8-6-9)12(2)11/h3-8H2,1-2H3. The van der Waals surface area contributed by atoms with Crippen LogP contribution in [0.5, 0.6) is 0 Å². The molecule has 72 valence electrons. The highest BCUT2D eigenvalue weighted by atomic mass is 32.2. The Labute approximate surface area is 77.3 Å². The first kappa shape index (κ1) is 10.2. The van der Waals surface area contributed by atoms with E-state index in [-0.39, 0.29) is 0 Å². The first-order valence-corrected chi connectivity index (χ1v) is 6.06. The van der Waals surface area contributed by atoms with Gasteiger partial charge in [0.05, 0.1) is 11.0 Å². The molecule has 1 saturated heterocycles. The van der Waals surface area contributed by atoms with Crippen molar-refractivity contribution in [1.29, 1.82) is 0 Å². The molecule has 12 heavy (non-hydrogen) atoms. The van der Waals surface area contributed by atoms with Crippen molar-refractivity contribution in [3.8, 4) is 0 Å². The van der Waals surface area contributed by atoms with Gasteiger partial charge in [0.2, 0.25) is 0 Å². The smallest absolute Gasteiger partial charge is 0.0911 e. The van der Waals surface area contributed by atoms with Gasteiger partial charge >= 0.3 is 0 Å². The van der Waals surface area contributed by atoms with Crippen LogP contribution in [0.3, 0.4) is 0 Å². The third kappa shape index (κ3) is 2.84. The number of piperazine rings is 1. The van der Waals surface area contributed by atoms with Crippen molar-refractivity contribution in [2.24, 2.45) is 0 Å². The maximum Gasteiger partial charge on any atom is 0.0911 e. The molecule has 0 aromatic rings. The van der Waals surface area contributed by atoms with Gasteiger partial charge in [0.15, 0.2) is 0 Å². The molecule has 0 aliphatic carbocycles. The minimum Gasteiger partial charge on any atom is -0.301 e. The van der Waals surface area contributed by atoms with Gasteiger partial charge in [0.1, 0.15) is 0 Å². The second-order valence-electron chi connectivity index (χ2n) is 3.19. The van der Waals surface area contributed by atoms with Crippen molar-refractivity contribution in [2.75, 3.05) is 39.0 Å². The summed E-state index contributed by atoms with van der Waals surface area (Å²) in [5.74, 6) is 0. The van der Waals surface area contributed by atoms with E-state index in [4.69, 9.17) is 0 Å². The van der Waals surface area contributed by atoms with Crippen LogP contribution < -0.4 is 0 Å². The lowest BCUT2D eigenvalue weighted by Crippen LogP contribution is -2.46. The van der Waals surface area contributed by atoms with E-state index in [2.05, 4.69) is 11.8 Å². The number of nitrogens with zero attached hydrogens (tertiary/aromatic N) is 2. The SMILES string of the molecule is CCCN1CCN(S(C)=O)CC1. The summed E-state index contributed by atoms with van der Waals surface area (Å²) in [5.41, 5.74) is 0. The molecule has 0 spiro atoms. The van der Waals surface area contributed by atoms with Gasteiger partial charge in [0, 0.05) is 32.4 Å². The van der Waals surface area contributed by atoms with Gasteiger partial charge in [-0.25, -0.2) is 8.51 Å². The molecule has 0 aromatic heterocycles. The second-order valence-corrected chi connectivity index (χ2v) is 4.56. The number of hydrogen-bond donors (Lipinski definition) is 0. The third-order valence-corrected chi connectivity index (χ3v) is 3.33. The summed E-state index contributed by atoms with van der Waals surface area (Å²) >= 11 is 0. The Morgan fingerprint density at radius 2 is 1.83 bits per heavy atom. The van der Waals surface area contributed by atoms with E-state index in [9.17, 15) is 4.21 Å². The van der Waals surface area contributed by atoms with Crippen LogP contribution in [-0.4, -0.2) is 52.4 Å². The molecule has 0 radical (unpaired) electrons. The summed E-state index contributed by atoms with van der Waals surface area (Å²) in [6.45, 7) is 7.46. The lowest BCUT2D eigenvalue weighted by molar-refractivity contribution is 0.193. The summed E-state index contributed by atoms with van der Waals surface area (Å²) < 4.78 is 13.1. The zero-order chi connectivity index (χ0) is 8.97. The second kappa shape index (κ2) is 4.94. The van der Waals surface area contributed by atoms with Crippen molar-refractivity contribution in [3.63, 3.8) is 0 Å². The van der Waals surface area contributed by atoms with Crippen LogP contribution >= 0.6 is 0 Å². The van der Waals surface area contributed by atoms with E-state index in [1.807, 2.05) is 4.31 Å². The van der Waals surface area contributed by atoms with E-state index in [0.717, 1.165) is 26.2 Å². The van der Waals surface area contributed by atoms with Crippen LogP contribution in [0.1, 0.15) is 13.3 Å². The average Bonchev–Trinajstić information content (AvgIpc) is 2.06. The summed E-state index contributed by atoms with van der Waals surface area (Å²) in [6.07, 6.45) is 2.98. The van der Waals surface area contributed by atoms with E-state index in [1.54, 1.807) is 6.26 Å². The third-order valence-electron chi connectivity index (χ3n) is 2.23. The van der Waals surface area contributed by atoms with Crippen LogP contribution in [0.25, 0.3) is 0 Å². The Kier molecular flexibility index (Phi) is 4.18. The quantitative estimate of drug-likeness (QED) is 0.639. The van der Waals surface area contributed by atoms with E-state index >= 15 is 0 Å². The predicted octanol–water partition coefficient (Wildman–Crippen LogP) is 0.308. The predicted molar refractivity (Wildman–Crippen MR) is 52.4 cm³/mol. The number of rotatable bonds is 3. The molecule has 1 fully saturated rings. The van der Waals surface area contributed by atoms with Crippen molar-refractivity contribution in [1.82, 2.24) is 9.21 Å². The molecule has 1 rings (SSSR count). The monoisotopic (exact) mass is 190 g/mol. The van der Waals surface area contributed by atoms with E-state index in [1.165, 1.54) is 13.0 Å². The number of hydrogen-bond acceptors (Lipinski definition) is 2. The Morgan fingerprint density at radius 3 is 2.25 bits per heavy atom. The van der Waals surface area contributed by atoms with Crippen LogP contribution in [0.2, 0.25) is 0 Å². The zero-order valence-electron chi connectivity index (χ0n) is 7.95. The maximum absolute atomic E-state index is 11.1. The first-order chi connectivity index (χ1) is 5.74. The van der Waals surface area contributed by atoms with Crippen LogP contribution in [0.4, 0.5) is 0 Å². The normalized spacial score (nSPS) is 24.2. The van der Waals surface area contributed by atoms with Crippen molar-refractivity contribution in [2.45, 2.75) is 13.3 Å². The lowest BCUT2D eigenvalue weighted by Gasteiger charge is -2.32. The minimum atomic E-state index is -0.764. The molecule has 1 atom stereocenters. The Balaban J connectivity index is 2.25. The molecule has 3 nitrogen and oxygen atoms in total. The van der Waals surface area contributed by atoms with Gasteiger partial charge in [0.25, 0.3) is 0 Å².